The van der Waals surface area contributed by atoms with E-state index in [9.17, 15) is 82.4 Å². The molecule has 1 saturated heterocycles. The number of nitrogens with one attached hydrogen (secondary N) is 11. The molecule has 0 spiro atoms. The fourth-order valence-corrected chi connectivity index (χ4v) is 11.4. The Bertz CT molecular complexity index is 3490. The smallest absolute Gasteiger partial charge is 0.326 e. The van der Waals surface area contributed by atoms with Crippen molar-refractivity contribution in [3.05, 3.63) is 90.0 Å². The predicted octanol–water partition coefficient (Wildman–Crippen LogP) is -6.04. The molecule has 2 aromatic carbocycles. The molecule has 26 N–H and O–H groups in total. The van der Waals surface area contributed by atoms with Crippen LogP contribution in [0.3, 0.4) is 0 Å². The standard InChI is InChI=1S/C66H99N21O17S/c1-35(2)52(64(103)104)85-62(101)53(36(3)88)86-60(99)45(29-38-16-9-6-10-17-38)78-50(90)33-76-55(94)47(31-49(68)89)83-56(95)41(18-11-24-74-65(69)70)80-57(96)42(21-22-51(91)92)81-59(98)46(30-39-32-73-34-77-39)84-61(100)48-20-13-26-87(48)63(102)44(19-12-25-75-66(71)72)82-58(97)43(23-27-105-4)79-54(93)40(67)28-37-14-7-5-8-15-37/h5-10,14-17,32,34-36,40-48,52-53,88H,11-13,18-31,33,67H2,1-4H3,(H2,68,89)(H,73,77)(H,76,94)(H,78,90)(H,79,93)(H,80,96)(H,81,98)(H,82,97)(H,83,95)(H,84,100)(H,85,101)(H,86,99)(H,91,92)(H,103,104)(H4,69,70,74)(H4,71,72,75)/t36-,40+,41+,42+,43+,44+,45+,46+,47+,48+,52+,53+/m1/s1. The number of nitrogens with two attached hydrogens (primary N) is 6. The summed E-state index contributed by atoms with van der Waals surface area (Å²) in [4.78, 5) is 208. The number of aliphatic carboxylic acids is 2. The summed E-state index contributed by atoms with van der Waals surface area (Å²) in [5, 5.41) is 54.7. The maximum absolute atomic E-state index is 14.8. The first-order valence-corrected chi connectivity index (χ1v) is 35.3. The fraction of sp³-hybridized carbons (Fsp3) is 0.530. The second-order valence-corrected chi connectivity index (χ2v) is 26.2. The molecule has 2 heterocycles. The van der Waals surface area contributed by atoms with Crippen LogP contribution in [0.1, 0.15) is 102 Å². The van der Waals surface area contributed by atoms with Gasteiger partial charge in [0.15, 0.2) is 11.9 Å². The van der Waals surface area contributed by atoms with Gasteiger partial charge in [-0.25, -0.2) is 9.78 Å². The summed E-state index contributed by atoms with van der Waals surface area (Å²) in [6, 6.07) is 0.764. The number of rotatable bonds is 46. The number of guanidine groups is 2. The maximum atomic E-state index is 14.8. The lowest BCUT2D eigenvalue weighted by Crippen LogP contribution is -2.61. The van der Waals surface area contributed by atoms with Gasteiger partial charge in [0.05, 0.1) is 31.4 Å². The summed E-state index contributed by atoms with van der Waals surface area (Å²) in [5.41, 5.74) is 35.6. The van der Waals surface area contributed by atoms with Crippen LogP contribution in [0.5, 0.6) is 0 Å². The molecule has 1 aliphatic rings. The van der Waals surface area contributed by atoms with Crippen molar-refractivity contribution in [2.45, 2.75) is 177 Å². The lowest BCUT2D eigenvalue weighted by Gasteiger charge is -2.31. The number of H-pyrrole nitrogens is 1. The molecule has 4 rings (SSSR count). The first kappa shape index (κ1) is 86.4. The molecule has 105 heavy (non-hydrogen) atoms. The number of aliphatic hydroxyl groups is 1. The van der Waals surface area contributed by atoms with Crippen molar-refractivity contribution in [1.29, 1.82) is 0 Å². The van der Waals surface area contributed by atoms with Crippen molar-refractivity contribution in [1.82, 2.24) is 68.0 Å². The van der Waals surface area contributed by atoms with E-state index in [0.717, 1.165) is 12.5 Å². The van der Waals surface area contributed by atoms with Crippen molar-refractivity contribution >= 4 is 107 Å². The number of hydrogen-bond acceptors (Lipinski definition) is 20. The largest absolute Gasteiger partial charge is 0.481 e. The molecule has 0 saturated carbocycles. The zero-order chi connectivity index (χ0) is 77.9. The molecular weight excluding hydrogens is 1390 g/mol. The molecule has 0 bridgehead atoms. The number of carbonyl (C=O) groups excluding carboxylic acids is 12. The van der Waals surface area contributed by atoms with Crippen molar-refractivity contribution in [3.63, 3.8) is 0 Å². The summed E-state index contributed by atoms with van der Waals surface area (Å²) in [6.45, 7) is 3.19. The molecular formula is C66H99N21O17S. The number of aromatic amines is 1. The number of nitrogens with zero attached hydrogens (tertiary/aromatic N) is 4. The number of imidazole rings is 1. The third-order valence-corrected chi connectivity index (χ3v) is 17.1. The minimum absolute atomic E-state index is 0.00817. The third kappa shape index (κ3) is 30.9. The summed E-state index contributed by atoms with van der Waals surface area (Å²) < 4.78 is 0. The highest BCUT2D eigenvalue weighted by Crippen LogP contribution is 2.21. The Hall–Kier alpha value is -11.0. The molecule has 1 aliphatic heterocycles. The Kier molecular flexibility index (Phi) is 36.7. The van der Waals surface area contributed by atoms with E-state index >= 15 is 0 Å². The van der Waals surface area contributed by atoms with E-state index < -0.39 is 187 Å². The van der Waals surface area contributed by atoms with Gasteiger partial charge in [-0.2, -0.15) is 11.8 Å². The molecule has 0 unspecified atom stereocenters. The topological polar surface area (TPSA) is 633 Å². The molecule has 1 fully saturated rings. The highest BCUT2D eigenvalue weighted by atomic mass is 32.2. The predicted molar refractivity (Wildman–Crippen MR) is 383 cm³/mol. The Balaban J connectivity index is 1.58. The Labute approximate surface area is 609 Å². The molecule has 39 heteroatoms. The minimum atomic E-state index is -1.88. The third-order valence-electron chi connectivity index (χ3n) is 16.4. The minimum Gasteiger partial charge on any atom is -0.481 e. The van der Waals surface area contributed by atoms with Crippen LogP contribution in [0.2, 0.25) is 0 Å². The summed E-state index contributed by atoms with van der Waals surface area (Å²) in [6.07, 6.45) is 0.356. The van der Waals surface area contributed by atoms with Gasteiger partial charge in [0, 0.05) is 50.8 Å². The summed E-state index contributed by atoms with van der Waals surface area (Å²) >= 11 is 1.41. The fourth-order valence-electron chi connectivity index (χ4n) is 10.9. The van der Waals surface area contributed by atoms with Gasteiger partial charge in [-0.15, -0.1) is 0 Å². The van der Waals surface area contributed by atoms with E-state index in [4.69, 9.17) is 34.4 Å². The van der Waals surface area contributed by atoms with Crippen molar-refractivity contribution in [3.8, 4) is 0 Å². The maximum Gasteiger partial charge on any atom is 0.326 e. The van der Waals surface area contributed by atoms with Gasteiger partial charge in [0.25, 0.3) is 0 Å². The van der Waals surface area contributed by atoms with E-state index in [0.29, 0.717) is 11.3 Å². The van der Waals surface area contributed by atoms with E-state index in [2.05, 4.69) is 73.1 Å². The number of carboxylic acid groups (broad SMARTS) is 2. The molecule has 12 amide bonds. The van der Waals surface area contributed by atoms with Gasteiger partial charge in [0.1, 0.15) is 60.4 Å². The number of thioether (sulfide) groups is 1. The van der Waals surface area contributed by atoms with Crippen molar-refractivity contribution in [2.24, 2.45) is 50.3 Å². The monoisotopic (exact) mass is 1490 g/mol. The number of primary amides is 1. The number of likely N-dealkylation sites (tertiary alicyclic amines) is 1. The van der Waals surface area contributed by atoms with Crippen LogP contribution in [0.25, 0.3) is 0 Å². The van der Waals surface area contributed by atoms with Gasteiger partial charge >= 0.3 is 11.9 Å². The zero-order valence-corrected chi connectivity index (χ0v) is 59.7. The number of carbonyl (C=O) groups is 14. The number of hydrogen-bond donors (Lipinski definition) is 20. The van der Waals surface area contributed by atoms with E-state index in [1.807, 2.05) is 6.07 Å². The lowest BCUT2D eigenvalue weighted by molar-refractivity contribution is -0.144. The Morgan fingerprint density at radius 1 is 0.590 bits per heavy atom. The van der Waals surface area contributed by atoms with Crippen molar-refractivity contribution in [2.75, 3.05) is 38.2 Å². The highest BCUT2D eigenvalue weighted by Gasteiger charge is 2.41. The van der Waals surface area contributed by atoms with E-state index in [-0.39, 0.29) is 101 Å². The van der Waals surface area contributed by atoms with E-state index in [1.54, 1.807) is 60.9 Å². The first-order chi connectivity index (χ1) is 49.8. The number of carboxylic acids is 2. The number of aliphatic imine (C=N–C) groups is 2. The Morgan fingerprint density at radius 2 is 1.10 bits per heavy atom. The highest BCUT2D eigenvalue weighted by molar-refractivity contribution is 7.98. The summed E-state index contributed by atoms with van der Waals surface area (Å²) in [5.74, 6) is -15.3. The number of aromatic nitrogens is 2. The van der Waals surface area contributed by atoms with Crippen LogP contribution >= 0.6 is 11.8 Å². The number of aliphatic hydroxyl groups excluding tert-OH is 1. The molecule has 576 valence electrons. The van der Waals surface area contributed by atoms with Crippen LogP contribution in [0.15, 0.2) is 83.2 Å². The number of benzene rings is 2. The van der Waals surface area contributed by atoms with Gasteiger partial charge in [0.2, 0.25) is 70.9 Å². The van der Waals surface area contributed by atoms with Crippen molar-refractivity contribution < 1.29 is 82.4 Å². The SMILES string of the molecule is CSCC[C@H](NC(=O)[C@@H](N)Cc1ccccc1)C(=O)N[C@@H](CCCN=C(N)N)C(=O)N1CCC[C@H]1C(=O)N[C@@H](Cc1cnc[nH]1)C(=O)N[C@@H](CCC(=O)O)C(=O)N[C@@H](CCCN=C(N)N)C(=O)N[C@@H](CC(N)=O)C(=O)NCC(=O)N[C@@H](Cc1ccccc1)C(=O)N[C@H](C(=O)N[C@H](C(=O)O)C(C)C)[C@@H](C)O. The summed E-state index contributed by atoms with van der Waals surface area (Å²) in [7, 11) is 0. The molecule has 12 atom stereocenters. The average Bonchev–Trinajstić information content (AvgIpc) is 1.69. The lowest BCUT2D eigenvalue weighted by atomic mass is 10.0. The molecule has 0 aliphatic carbocycles. The van der Waals surface area contributed by atoms with Crippen LogP contribution < -0.4 is 87.6 Å². The van der Waals surface area contributed by atoms with Gasteiger partial charge in [-0.05, 0) is 93.8 Å². The molecule has 38 nitrogen and oxygen atoms in total. The van der Waals surface area contributed by atoms with Gasteiger partial charge < -0.3 is 113 Å². The molecule has 3 aromatic rings. The Morgan fingerprint density at radius 3 is 1.62 bits per heavy atom. The van der Waals surface area contributed by atoms with Gasteiger partial charge in [-0.1, -0.05) is 74.5 Å². The van der Waals surface area contributed by atoms with Gasteiger partial charge in [-0.3, -0.25) is 72.3 Å². The van der Waals surface area contributed by atoms with Crippen LogP contribution in [0, 0.1) is 5.92 Å². The first-order valence-electron chi connectivity index (χ1n) is 33.9. The normalized spacial score (nSPS) is 15.6. The zero-order valence-electron chi connectivity index (χ0n) is 58.9. The molecule has 0 radical (unpaired) electrons. The average molecular weight is 1490 g/mol. The van der Waals surface area contributed by atoms with Crippen LogP contribution in [-0.4, -0.2) is 236 Å². The number of amides is 12. The van der Waals surface area contributed by atoms with Crippen LogP contribution in [0.4, 0.5) is 0 Å². The molecule has 1 aromatic heterocycles. The second-order valence-electron chi connectivity index (χ2n) is 25.2. The van der Waals surface area contributed by atoms with E-state index in [1.165, 1.54) is 43.0 Å². The quantitative estimate of drug-likeness (QED) is 0.0142. The van der Waals surface area contributed by atoms with Crippen LogP contribution in [-0.2, 0) is 86.4 Å². The second kappa shape index (κ2) is 44.5.